The van der Waals surface area contributed by atoms with Crippen LogP contribution in [0.3, 0.4) is 0 Å². The van der Waals surface area contributed by atoms with Gasteiger partial charge < -0.3 is 14.8 Å². The first-order chi connectivity index (χ1) is 11.3. The predicted octanol–water partition coefficient (Wildman–Crippen LogP) is 4.39. The van der Waals surface area contributed by atoms with Crippen molar-refractivity contribution in [2.45, 2.75) is 53.1 Å². The maximum absolute atomic E-state index is 13.6. The summed E-state index contributed by atoms with van der Waals surface area (Å²) in [6, 6.07) is 4.18. The summed E-state index contributed by atoms with van der Waals surface area (Å²) in [6.07, 6.45) is 2.45. The molecule has 1 aliphatic rings. The van der Waals surface area contributed by atoms with E-state index in [1.807, 2.05) is 6.92 Å². The van der Waals surface area contributed by atoms with Crippen molar-refractivity contribution in [3.05, 3.63) is 24.0 Å². The summed E-state index contributed by atoms with van der Waals surface area (Å²) in [4.78, 5) is 12.3. The van der Waals surface area contributed by atoms with E-state index in [9.17, 15) is 9.18 Å². The molecule has 0 aromatic heterocycles. The van der Waals surface area contributed by atoms with E-state index in [-0.39, 0.29) is 23.3 Å². The van der Waals surface area contributed by atoms with Gasteiger partial charge in [-0.15, -0.1) is 0 Å². The normalized spacial score (nSPS) is 19.1. The highest BCUT2D eigenvalue weighted by molar-refractivity contribution is 5.92. The molecule has 2 rings (SSSR count). The summed E-state index contributed by atoms with van der Waals surface area (Å²) < 4.78 is 24.8. The Hall–Kier alpha value is -1.62. The molecule has 0 aliphatic carbocycles. The second-order valence-corrected chi connectivity index (χ2v) is 7.61. The Labute approximate surface area is 143 Å². The summed E-state index contributed by atoms with van der Waals surface area (Å²) in [5.41, 5.74) is 0.414. The van der Waals surface area contributed by atoms with Gasteiger partial charge >= 0.3 is 0 Å². The lowest BCUT2D eigenvalue weighted by Gasteiger charge is -2.26. The Morgan fingerprint density at radius 3 is 2.83 bits per heavy atom. The molecule has 0 saturated carbocycles. The van der Waals surface area contributed by atoms with Crippen LogP contribution in [0.1, 0.15) is 47.0 Å². The summed E-state index contributed by atoms with van der Waals surface area (Å²) in [7, 11) is 0. The second kappa shape index (κ2) is 7.97. The Bertz CT molecular complexity index is 562. The van der Waals surface area contributed by atoms with Gasteiger partial charge in [-0.3, -0.25) is 4.79 Å². The Morgan fingerprint density at radius 1 is 1.46 bits per heavy atom. The van der Waals surface area contributed by atoms with E-state index in [1.165, 1.54) is 12.1 Å². The van der Waals surface area contributed by atoms with E-state index in [2.05, 4.69) is 26.1 Å². The van der Waals surface area contributed by atoms with Gasteiger partial charge in [-0.2, -0.15) is 0 Å². The Balaban J connectivity index is 1.99. The van der Waals surface area contributed by atoms with Gasteiger partial charge in [-0.25, -0.2) is 4.39 Å². The summed E-state index contributed by atoms with van der Waals surface area (Å²) in [5, 5.41) is 2.78. The van der Waals surface area contributed by atoms with Crippen molar-refractivity contribution in [2.75, 3.05) is 18.5 Å². The van der Waals surface area contributed by atoms with Crippen molar-refractivity contribution < 1.29 is 18.7 Å². The first kappa shape index (κ1) is 18.7. The molecule has 1 aliphatic heterocycles. The van der Waals surface area contributed by atoms with E-state index in [4.69, 9.17) is 9.47 Å². The maximum Gasteiger partial charge on any atom is 0.224 e. The van der Waals surface area contributed by atoms with Crippen LogP contribution in [0.15, 0.2) is 18.2 Å². The molecular formula is C19H28FNO3. The average molecular weight is 337 g/mol. The van der Waals surface area contributed by atoms with Crippen LogP contribution in [0.5, 0.6) is 5.75 Å². The zero-order valence-electron chi connectivity index (χ0n) is 15.0. The van der Waals surface area contributed by atoms with Gasteiger partial charge in [-0.1, -0.05) is 27.7 Å². The number of rotatable bonds is 6. The van der Waals surface area contributed by atoms with Crippen molar-refractivity contribution in [2.24, 2.45) is 11.3 Å². The number of amides is 1. The zero-order chi connectivity index (χ0) is 17.7. The molecule has 1 fully saturated rings. The van der Waals surface area contributed by atoms with E-state index in [1.54, 1.807) is 6.07 Å². The minimum Gasteiger partial charge on any atom is -0.489 e. The molecule has 134 valence electrons. The van der Waals surface area contributed by atoms with Gasteiger partial charge in [0, 0.05) is 19.1 Å². The van der Waals surface area contributed by atoms with E-state index in [0.29, 0.717) is 24.5 Å². The molecule has 2 atom stereocenters. The van der Waals surface area contributed by atoms with Crippen LogP contribution >= 0.6 is 0 Å². The van der Waals surface area contributed by atoms with Gasteiger partial charge in [0.05, 0.1) is 11.8 Å². The largest absolute Gasteiger partial charge is 0.489 e. The van der Waals surface area contributed by atoms with Crippen molar-refractivity contribution in [3.8, 4) is 5.75 Å². The summed E-state index contributed by atoms with van der Waals surface area (Å²) in [6.45, 7) is 9.51. The highest BCUT2D eigenvalue weighted by Crippen LogP contribution is 2.30. The third kappa shape index (κ3) is 5.48. The first-order valence-corrected chi connectivity index (χ1v) is 8.59. The van der Waals surface area contributed by atoms with Gasteiger partial charge in [0.1, 0.15) is 18.2 Å². The Kier molecular flexibility index (Phi) is 6.21. The van der Waals surface area contributed by atoms with Crippen LogP contribution in [0.25, 0.3) is 0 Å². The third-order valence-corrected chi connectivity index (χ3v) is 4.63. The highest BCUT2D eigenvalue weighted by Gasteiger charge is 2.23. The molecule has 1 aromatic rings. The zero-order valence-corrected chi connectivity index (χ0v) is 15.0. The maximum atomic E-state index is 13.6. The number of halogens is 1. The monoisotopic (exact) mass is 337 g/mol. The average Bonchev–Trinajstić information content (AvgIpc) is 2.98. The quantitative estimate of drug-likeness (QED) is 0.837. The predicted molar refractivity (Wildman–Crippen MR) is 92.7 cm³/mol. The summed E-state index contributed by atoms with van der Waals surface area (Å²) >= 11 is 0. The molecule has 0 bridgehead atoms. The van der Waals surface area contributed by atoms with Gasteiger partial charge in [-0.05, 0) is 36.3 Å². The van der Waals surface area contributed by atoms with Gasteiger partial charge in [0.15, 0.2) is 0 Å². The number of benzene rings is 1. The van der Waals surface area contributed by atoms with Crippen LogP contribution in [0.4, 0.5) is 10.1 Å². The van der Waals surface area contributed by atoms with E-state index < -0.39 is 5.82 Å². The van der Waals surface area contributed by atoms with Crippen LogP contribution in [0.2, 0.25) is 0 Å². The molecule has 1 saturated heterocycles. The number of hydrogen-bond donors (Lipinski definition) is 1. The van der Waals surface area contributed by atoms with Gasteiger partial charge in [0.25, 0.3) is 0 Å². The highest BCUT2D eigenvalue weighted by atomic mass is 19.1. The lowest BCUT2D eigenvalue weighted by molar-refractivity contribution is -0.117. The SMILES string of the molecule is CC(CC(=O)Nc1cc(F)ccc1OCC1CCCO1)C(C)(C)C. The fourth-order valence-electron chi connectivity index (χ4n) is 2.47. The van der Waals surface area contributed by atoms with Crippen LogP contribution < -0.4 is 10.1 Å². The van der Waals surface area contributed by atoms with Crippen LogP contribution in [0, 0.1) is 17.2 Å². The summed E-state index contributed by atoms with van der Waals surface area (Å²) in [5.74, 6) is 0.148. The minimum atomic E-state index is -0.404. The number of ether oxygens (including phenoxy) is 2. The van der Waals surface area contributed by atoms with Crippen molar-refractivity contribution in [1.29, 1.82) is 0 Å². The number of hydrogen-bond acceptors (Lipinski definition) is 3. The fraction of sp³-hybridized carbons (Fsp3) is 0.632. The first-order valence-electron chi connectivity index (χ1n) is 8.59. The molecular weight excluding hydrogens is 309 g/mol. The molecule has 1 amide bonds. The standard InChI is InChI=1S/C19H28FNO3/c1-13(19(2,3)4)10-18(22)21-16-11-14(20)7-8-17(16)24-12-15-6-5-9-23-15/h7-8,11,13,15H,5-6,9-10,12H2,1-4H3,(H,21,22). The second-order valence-electron chi connectivity index (χ2n) is 7.61. The fourth-order valence-corrected chi connectivity index (χ4v) is 2.47. The smallest absolute Gasteiger partial charge is 0.224 e. The molecule has 2 unspecified atom stereocenters. The molecule has 1 aromatic carbocycles. The lowest BCUT2D eigenvalue weighted by Crippen LogP contribution is -2.24. The molecule has 24 heavy (non-hydrogen) atoms. The lowest BCUT2D eigenvalue weighted by atomic mass is 9.80. The topological polar surface area (TPSA) is 47.6 Å². The van der Waals surface area contributed by atoms with E-state index in [0.717, 1.165) is 19.4 Å². The molecule has 4 nitrogen and oxygen atoms in total. The van der Waals surface area contributed by atoms with Crippen LogP contribution in [-0.4, -0.2) is 25.2 Å². The molecule has 1 N–H and O–H groups in total. The van der Waals surface area contributed by atoms with Crippen LogP contribution in [-0.2, 0) is 9.53 Å². The van der Waals surface area contributed by atoms with E-state index >= 15 is 0 Å². The number of carbonyl (C=O) groups is 1. The number of carbonyl (C=O) groups excluding carboxylic acids is 1. The molecule has 0 radical (unpaired) electrons. The Morgan fingerprint density at radius 2 is 2.21 bits per heavy atom. The molecule has 5 heteroatoms. The molecule has 0 spiro atoms. The van der Waals surface area contributed by atoms with Gasteiger partial charge in [0.2, 0.25) is 5.91 Å². The van der Waals surface area contributed by atoms with Crippen molar-refractivity contribution in [3.63, 3.8) is 0 Å². The van der Waals surface area contributed by atoms with Crippen molar-refractivity contribution in [1.82, 2.24) is 0 Å². The molecule has 1 heterocycles. The number of anilines is 1. The minimum absolute atomic E-state index is 0.0401. The van der Waals surface area contributed by atoms with Crippen molar-refractivity contribution >= 4 is 11.6 Å². The number of nitrogens with one attached hydrogen (secondary N) is 1. The third-order valence-electron chi connectivity index (χ3n) is 4.63.